The summed E-state index contributed by atoms with van der Waals surface area (Å²) in [6, 6.07) is 0.192. The zero-order valence-electron chi connectivity index (χ0n) is 9.92. The minimum Gasteiger partial charge on any atom is -0.381 e. The van der Waals surface area contributed by atoms with Crippen molar-refractivity contribution in [2.75, 3.05) is 18.5 Å². The van der Waals surface area contributed by atoms with Gasteiger partial charge >= 0.3 is 5.82 Å². The molecule has 1 fully saturated rings. The zero-order valence-corrected chi connectivity index (χ0v) is 9.92. The van der Waals surface area contributed by atoms with Gasteiger partial charge in [0.15, 0.2) is 0 Å². The van der Waals surface area contributed by atoms with Crippen LogP contribution >= 0.6 is 0 Å². The van der Waals surface area contributed by atoms with Crippen molar-refractivity contribution in [2.45, 2.75) is 19.4 Å². The molecule has 2 atom stereocenters. The lowest BCUT2D eigenvalue weighted by atomic mass is 9.98. The van der Waals surface area contributed by atoms with Crippen LogP contribution in [0.25, 0.3) is 0 Å². The van der Waals surface area contributed by atoms with Crippen LogP contribution in [0.3, 0.4) is 0 Å². The number of hydrogen-bond donors (Lipinski definition) is 1. The molecule has 1 aromatic rings. The average molecular weight is 240 g/mol. The summed E-state index contributed by atoms with van der Waals surface area (Å²) >= 11 is 0. The second-order valence-corrected chi connectivity index (χ2v) is 4.38. The highest BCUT2D eigenvalue weighted by Crippen LogP contribution is 2.25. The van der Waals surface area contributed by atoms with E-state index in [-0.39, 0.29) is 11.9 Å². The number of ether oxygens (including phenoxy) is 1. The maximum atomic E-state index is 10.8. The third kappa shape index (κ3) is 2.38. The van der Waals surface area contributed by atoms with Crippen LogP contribution in [0, 0.1) is 16.0 Å². The van der Waals surface area contributed by atoms with E-state index in [1.54, 1.807) is 11.6 Å². The Labute approximate surface area is 98.9 Å². The first-order valence-corrected chi connectivity index (χ1v) is 5.59. The SMILES string of the molecule is CC1COCCC1Nc1c([N+](=O)[O-])ncn1C. The Kier molecular flexibility index (Phi) is 3.28. The Morgan fingerprint density at radius 3 is 3.12 bits per heavy atom. The summed E-state index contributed by atoms with van der Waals surface area (Å²) in [5, 5.41) is 14.0. The Morgan fingerprint density at radius 2 is 2.47 bits per heavy atom. The first-order chi connectivity index (χ1) is 8.09. The van der Waals surface area contributed by atoms with E-state index in [1.807, 2.05) is 0 Å². The summed E-state index contributed by atoms with van der Waals surface area (Å²) in [6.07, 6.45) is 2.30. The van der Waals surface area contributed by atoms with E-state index in [2.05, 4.69) is 17.2 Å². The van der Waals surface area contributed by atoms with Gasteiger partial charge in [-0.2, -0.15) is 0 Å². The highest BCUT2D eigenvalue weighted by molar-refractivity contribution is 5.52. The maximum Gasteiger partial charge on any atom is 0.406 e. The van der Waals surface area contributed by atoms with E-state index in [0.29, 0.717) is 24.9 Å². The van der Waals surface area contributed by atoms with E-state index in [9.17, 15) is 10.1 Å². The summed E-state index contributed by atoms with van der Waals surface area (Å²) in [6.45, 7) is 3.44. The molecule has 94 valence electrons. The molecule has 2 heterocycles. The van der Waals surface area contributed by atoms with Gasteiger partial charge in [0.05, 0.1) is 6.61 Å². The molecule has 1 aliphatic rings. The van der Waals surface area contributed by atoms with E-state index in [0.717, 1.165) is 6.42 Å². The highest BCUT2D eigenvalue weighted by Gasteiger charge is 2.27. The number of aromatic nitrogens is 2. The van der Waals surface area contributed by atoms with Gasteiger partial charge in [-0.25, -0.2) is 0 Å². The molecule has 0 aliphatic carbocycles. The fourth-order valence-corrected chi connectivity index (χ4v) is 1.99. The van der Waals surface area contributed by atoms with Crippen molar-refractivity contribution in [2.24, 2.45) is 13.0 Å². The molecule has 0 saturated carbocycles. The van der Waals surface area contributed by atoms with Crippen molar-refractivity contribution < 1.29 is 9.66 Å². The van der Waals surface area contributed by atoms with Crippen molar-refractivity contribution >= 4 is 11.6 Å². The van der Waals surface area contributed by atoms with E-state index < -0.39 is 4.92 Å². The third-order valence-corrected chi connectivity index (χ3v) is 3.05. The average Bonchev–Trinajstić information content (AvgIpc) is 2.64. The minimum absolute atomic E-state index is 0.119. The molecule has 2 unspecified atom stereocenters. The van der Waals surface area contributed by atoms with Crippen LogP contribution in [0.15, 0.2) is 6.33 Å². The molecule has 0 amide bonds. The van der Waals surface area contributed by atoms with Gasteiger partial charge < -0.3 is 20.2 Å². The van der Waals surface area contributed by atoms with Crippen LogP contribution in [0.1, 0.15) is 13.3 Å². The molecule has 0 aromatic carbocycles. The first kappa shape index (κ1) is 11.8. The van der Waals surface area contributed by atoms with Crippen LogP contribution in [-0.2, 0) is 11.8 Å². The Hall–Kier alpha value is -1.63. The molecule has 1 saturated heterocycles. The number of nitro groups is 1. The predicted octanol–water partition coefficient (Wildman–Crippen LogP) is 1.17. The summed E-state index contributed by atoms with van der Waals surface area (Å²) < 4.78 is 6.98. The Morgan fingerprint density at radius 1 is 1.71 bits per heavy atom. The smallest absolute Gasteiger partial charge is 0.381 e. The number of anilines is 1. The number of aryl methyl sites for hydroxylation is 1. The van der Waals surface area contributed by atoms with Crippen LogP contribution in [0.2, 0.25) is 0 Å². The number of nitrogens with zero attached hydrogens (tertiary/aromatic N) is 3. The first-order valence-electron chi connectivity index (χ1n) is 5.59. The Bertz CT molecular complexity index is 418. The topological polar surface area (TPSA) is 82.2 Å². The molecule has 0 radical (unpaired) electrons. The summed E-state index contributed by atoms with van der Waals surface area (Å²) in [5.74, 6) is 0.679. The summed E-state index contributed by atoms with van der Waals surface area (Å²) in [7, 11) is 1.74. The van der Waals surface area contributed by atoms with Gasteiger partial charge in [0.25, 0.3) is 0 Å². The van der Waals surface area contributed by atoms with Gasteiger partial charge in [0.1, 0.15) is 0 Å². The number of hydrogen-bond acceptors (Lipinski definition) is 5. The fourth-order valence-electron chi connectivity index (χ4n) is 1.99. The molecule has 0 spiro atoms. The van der Waals surface area contributed by atoms with Crippen molar-refractivity contribution in [3.63, 3.8) is 0 Å². The van der Waals surface area contributed by atoms with Gasteiger partial charge in [-0.15, -0.1) is 0 Å². The maximum absolute atomic E-state index is 10.8. The van der Waals surface area contributed by atoms with Crippen molar-refractivity contribution in [3.8, 4) is 0 Å². The quantitative estimate of drug-likeness (QED) is 0.633. The molecule has 0 bridgehead atoms. The van der Waals surface area contributed by atoms with Crippen molar-refractivity contribution in [1.82, 2.24) is 9.55 Å². The largest absolute Gasteiger partial charge is 0.406 e. The van der Waals surface area contributed by atoms with E-state index in [4.69, 9.17) is 4.74 Å². The second kappa shape index (κ2) is 4.70. The lowest BCUT2D eigenvalue weighted by molar-refractivity contribution is -0.388. The molecule has 1 aliphatic heterocycles. The number of nitrogens with one attached hydrogen (secondary N) is 1. The molecule has 1 aromatic heterocycles. The van der Waals surface area contributed by atoms with Gasteiger partial charge in [-0.1, -0.05) is 6.92 Å². The van der Waals surface area contributed by atoms with Crippen molar-refractivity contribution in [3.05, 3.63) is 16.4 Å². The number of rotatable bonds is 3. The van der Waals surface area contributed by atoms with Crippen LogP contribution in [-0.4, -0.2) is 33.7 Å². The summed E-state index contributed by atoms with van der Waals surface area (Å²) in [5.41, 5.74) is 0. The normalized spacial score (nSPS) is 24.6. The van der Waals surface area contributed by atoms with Gasteiger partial charge in [-0.3, -0.25) is 4.57 Å². The monoisotopic (exact) mass is 240 g/mol. The van der Waals surface area contributed by atoms with Crippen LogP contribution < -0.4 is 5.32 Å². The molecule has 7 heteroatoms. The van der Waals surface area contributed by atoms with Gasteiger partial charge in [0.2, 0.25) is 12.1 Å². The van der Waals surface area contributed by atoms with Crippen LogP contribution in [0.4, 0.5) is 11.6 Å². The predicted molar refractivity (Wildman–Crippen MR) is 61.9 cm³/mol. The third-order valence-electron chi connectivity index (χ3n) is 3.05. The summed E-state index contributed by atoms with van der Waals surface area (Å²) in [4.78, 5) is 14.1. The molecule has 1 N–H and O–H groups in total. The fraction of sp³-hybridized carbons (Fsp3) is 0.700. The standard InChI is InChI=1S/C10H16N4O3/c1-7-5-17-4-3-8(7)12-10-9(14(15)16)11-6-13(10)2/h6-8,12H,3-5H2,1-2H3. The lowest BCUT2D eigenvalue weighted by Crippen LogP contribution is -2.36. The lowest BCUT2D eigenvalue weighted by Gasteiger charge is -2.29. The molecular weight excluding hydrogens is 224 g/mol. The molecule has 17 heavy (non-hydrogen) atoms. The van der Waals surface area contributed by atoms with E-state index >= 15 is 0 Å². The molecule has 7 nitrogen and oxygen atoms in total. The zero-order chi connectivity index (χ0) is 12.4. The molecule has 2 rings (SSSR count). The van der Waals surface area contributed by atoms with Gasteiger partial charge in [-0.05, 0) is 22.2 Å². The van der Waals surface area contributed by atoms with Gasteiger partial charge in [0, 0.05) is 19.7 Å². The Balaban J connectivity index is 2.17. The van der Waals surface area contributed by atoms with Crippen LogP contribution in [0.5, 0.6) is 0 Å². The number of imidazole rings is 1. The minimum atomic E-state index is -0.466. The van der Waals surface area contributed by atoms with Crippen molar-refractivity contribution in [1.29, 1.82) is 0 Å². The van der Waals surface area contributed by atoms with E-state index in [1.165, 1.54) is 6.33 Å². The highest BCUT2D eigenvalue weighted by atomic mass is 16.6. The molecular formula is C10H16N4O3. The second-order valence-electron chi connectivity index (χ2n) is 4.38.